The van der Waals surface area contributed by atoms with Crippen LogP contribution in [0.5, 0.6) is 11.8 Å². The van der Waals surface area contributed by atoms with E-state index in [0.717, 1.165) is 5.82 Å². The van der Waals surface area contributed by atoms with Gasteiger partial charge in [0.15, 0.2) is 0 Å². The lowest BCUT2D eigenvalue weighted by Gasteiger charge is -2.07. The molecule has 1 aromatic heterocycles. The van der Waals surface area contributed by atoms with Gasteiger partial charge in [0.1, 0.15) is 5.82 Å². The first kappa shape index (κ1) is 9.77. The number of rotatable bonds is 3. The molecule has 0 bridgehead atoms. The van der Waals surface area contributed by atoms with Gasteiger partial charge in [0.2, 0.25) is 11.8 Å². The predicted octanol–water partition coefficient (Wildman–Crippen LogP) is 1.62. The Morgan fingerprint density at radius 3 is 1.85 bits per heavy atom. The number of ether oxygens (including phenoxy) is 2. The van der Waals surface area contributed by atoms with Gasteiger partial charge in [-0.2, -0.15) is 9.97 Å². The molecule has 1 aromatic rings. The van der Waals surface area contributed by atoms with Crippen LogP contribution in [-0.4, -0.2) is 24.2 Å². The van der Waals surface area contributed by atoms with E-state index in [9.17, 15) is 0 Å². The summed E-state index contributed by atoms with van der Waals surface area (Å²) in [4.78, 5) is 8.37. The molecule has 0 aliphatic heterocycles. The lowest BCUT2D eigenvalue weighted by molar-refractivity contribution is 0.366. The third-order valence-corrected chi connectivity index (χ3v) is 1.63. The smallest absolute Gasteiger partial charge is 0.220 e. The van der Waals surface area contributed by atoms with Gasteiger partial charge in [-0.05, 0) is 0 Å². The Morgan fingerprint density at radius 1 is 1.08 bits per heavy atom. The molecule has 72 valence electrons. The summed E-state index contributed by atoms with van der Waals surface area (Å²) in [5.41, 5.74) is 0. The van der Waals surface area contributed by atoms with Crippen LogP contribution < -0.4 is 9.47 Å². The topological polar surface area (TPSA) is 44.2 Å². The van der Waals surface area contributed by atoms with Crippen molar-refractivity contribution < 1.29 is 9.47 Å². The van der Waals surface area contributed by atoms with Crippen molar-refractivity contribution in [2.24, 2.45) is 0 Å². The van der Waals surface area contributed by atoms with Crippen molar-refractivity contribution in [3.05, 3.63) is 11.9 Å². The van der Waals surface area contributed by atoms with Gasteiger partial charge in [-0.3, -0.25) is 0 Å². The van der Waals surface area contributed by atoms with Crippen molar-refractivity contribution >= 4 is 0 Å². The van der Waals surface area contributed by atoms with Crippen LogP contribution >= 0.6 is 0 Å². The average Bonchev–Trinajstić information content (AvgIpc) is 2.16. The van der Waals surface area contributed by atoms with Crippen LogP contribution in [0.2, 0.25) is 0 Å². The largest absolute Gasteiger partial charge is 0.481 e. The van der Waals surface area contributed by atoms with E-state index in [1.807, 2.05) is 13.8 Å². The molecule has 4 heteroatoms. The first-order valence-electron chi connectivity index (χ1n) is 4.14. The quantitative estimate of drug-likeness (QED) is 0.712. The summed E-state index contributed by atoms with van der Waals surface area (Å²) in [5, 5.41) is 0. The van der Waals surface area contributed by atoms with E-state index in [1.165, 1.54) is 0 Å². The number of aromatic nitrogens is 2. The zero-order chi connectivity index (χ0) is 9.84. The Balaban J connectivity index is 3.07. The molecular formula is C9H14N2O2. The summed E-state index contributed by atoms with van der Waals surface area (Å²) >= 11 is 0. The van der Waals surface area contributed by atoms with E-state index >= 15 is 0 Å². The number of hydrogen-bond donors (Lipinski definition) is 0. The second-order valence-electron chi connectivity index (χ2n) is 2.97. The summed E-state index contributed by atoms with van der Waals surface area (Å²) in [7, 11) is 3.15. The highest BCUT2D eigenvalue weighted by Crippen LogP contribution is 2.18. The van der Waals surface area contributed by atoms with Gasteiger partial charge >= 0.3 is 0 Å². The lowest BCUT2D eigenvalue weighted by Crippen LogP contribution is -2.01. The molecule has 4 nitrogen and oxygen atoms in total. The molecule has 13 heavy (non-hydrogen) atoms. The zero-order valence-corrected chi connectivity index (χ0v) is 8.37. The zero-order valence-electron chi connectivity index (χ0n) is 8.37. The molecule has 0 unspecified atom stereocenters. The molecule has 0 radical (unpaired) electrons. The monoisotopic (exact) mass is 182 g/mol. The molecule has 0 atom stereocenters. The molecule has 0 fully saturated rings. The van der Waals surface area contributed by atoms with Crippen molar-refractivity contribution in [1.29, 1.82) is 0 Å². The molecule has 1 heterocycles. The van der Waals surface area contributed by atoms with Gasteiger partial charge in [-0.15, -0.1) is 0 Å². The molecular weight excluding hydrogens is 168 g/mol. The normalized spacial score (nSPS) is 10.2. The SMILES string of the molecule is COc1cc(OC)nc(C(C)C)n1. The van der Waals surface area contributed by atoms with Crippen molar-refractivity contribution in [1.82, 2.24) is 9.97 Å². The standard InChI is InChI=1S/C9H14N2O2/c1-6(2)9-10-7(12-3)5-8(11-9)13-4/h5-6H,1-4H3. The van der Waals surface area contributed by atoms with Crippen molar-refractivity contribution in [2.75, 3.05) is 14.2 Å². The van der Waals surface area contributed by atoms with Crippen LogP contribution in [0.3, 0.4) is 0 Å². The van der Waals surface area contributed by atoms with Crippen LogP contribution in [0.1, 0.15) is 25.6 Å². The van der Waals surface area contributed by atoms with Crippen molar-refractivity contribution in [3.63, 3.8) is 0 Å². The Morgan fingerprint density at radius 2 is 1.54 bits per heavy atom. The van der Waals surface area contributed by atoms with E-state index in [2.05, 4.69) is 9.97 Å². The average molecular weight is 182 g/mol. The van der Waals surface area contributed by atoms with Crippen LogP contribution in [0.4, 0.5) is 0 Å². The summed E-state index contributed by atoms with van der Waals surface area (Å²) in [6, 6.07) is 1.66. The number of nitrogens with zero attached hydrogens (tertiary/aromatic N) is 2. The molecule has 0 saturated heterocycles. The van der Waals surface area contributed by atoms with Gasteiger partial charge in [0.05, 0.1) is 20.3 Å². The van der Waals surface area contributed by atoms with Gasteiger partial charge in [-0.25, -0.2) is 0 Å². The van der Waals surface area contributed by atoms with Gasteiger partial charge in [0.25, 0.3) is 0 Å². The minimum Gasteiger partial charge on any atom is -0.481 e. The van der Waals surface area contributed by atoms with E-state index in [4.69, 9.17) is 9.47 Å². The molecule has 1 rings (SSSR count). The van der Waals surface area contributed by atoms with Gasteiger partial charge in [-0.1, -0.05) is 13.8 Å². The van der Waals surface area contributed by atoms with Crippen LogP contribution in [-0.2, 0) is 0 Å². The third kappa shape index (κ3) is 2.31. The molecule has 0 aromatic carbocycles. The van der Waals surface area contributed by atoms with Crippen molar-refractivity contribution in [2.45, 2.75) is 19.8 Å². The first-order chi connectivity index (χ1) is 6.17. The van der Waals surface area contributed by atoms with Crippen molar-refractivity contribution in [3.8, 4) is 11.8 Å². The van der Waals surface area contributed by atoms with E-state index in [-0.39, 0.29) is 5.92 Å². The summed E-state index contributed by atoms with van der Waals surface area (Å²) < 4.78 is 10.0. The highest BCUT2D eigenvalue weighted by Gasteiger charge is 2.07. The fourth-order valence-electron chi connectivity index (χ4n) is 0.888. The van der Waals surface area contributed by atoms with E-state index in [0.29, 0.717) is 11.8 Å². The van der Waals surface area contributed by atoms with Gasteiger partial charge in [0, 0.05) is 5.92 Å². The van der Waals surface area contributed by atoms with Crippen LogP contribution in [0.15, 0.2) is 6.07 Å². The summed E-state index contributed by atoms with van der Waals surface area (Å²) in [5.74, 6) is 2.08. The molecule has 0 aliphatic rings. The highest BCUT2D eigenvalue weighted by molar-refractivity contribution is 5.21. The van der Waals surface area contributed by atoms with Crippen LogP contribution in [0.25, 0.3) is 0 Å². The molecule has 0 spiro atoms. The maximum atomic E-state index is 5.02. The van der Waals surface area contributed by atoms with Gasteiger partial charge < -0.3 is 9.47 Å². The van der Waals surface area contributed by atoms with E-state index < -0.39 is 0 Å². The maximum Gasteiger partial charge on any atom is 0.220 e. The Kier molecular flexibility index (Phi) is 3.06. The molecule has 0 aliphatic carbocycles. The lowest BCUT2D eigenvalue weighted by atomic mass is 10.2. The van der Waals surface area contributed by atoms with Crippen LogP contribution in [0, 0.1) is 0 Å². The fourth-order valence-corrected chi connectivity index (χ4v) is 0.888. The van der Waals surface area contributed by atoms with E-state index in [1.54, 1.807) is 20.3 Å². The first-order valence-corrected chi connectivity index (χ1v) is 4.14. The number of methoxy groups -OCH3 is 2. The molecule has 0 saturated carbocycles. The fraction of sp³-hybridized carbons (Fsp3) is 0.556. The summed E-state index contributed by atoms with van der Waals surface area (Å²) in [6.45, 7) is 4.04. The Labute approximate surface area is 77.9 Å². The second kappa shape index (κ2) is 4.07. The number of hydrogen-bond acceptors (Lipinski definition) is 4. The Hall–Kier alpha value is -1.32. The Bertz CT molecular complexity index is 265. The molecule has 0 amide bonds. The predicted molar refractivity (Wildman–Crippen MR) is 49.2 cm³/mol. The minimum atomic E-state index is 0.268. The summed E-state index contributed by atoms with van der Waals surface area (Å²) in [6.07, 6.45) is 0. The second-order valence-corrected chi connectivity index (χ2v) is 2.97. The highest BCUT2D eigenvalue weighted by atomic mass is 16.5. The minimum absolute atomic E-state index is 0.268. The maximum absolute atomic E-state index is 5.02. The third-order valence-electron chi connectivity index (χ3n) is 1.63. The molecule has 0 N–H and O–H groups in total.